The summed E-state index contributed by atoms with van der Waals surface area (Å²) in [7, 11) is 0. The van der Waals surface area contributed by atoms with E-state index in [2.05, 4.69) is 27.8 Å². The fourth-order valence-electron chi connectivity index (χ4n) is 1.24. The summed E-state index contributed by atoms with van der Waals surface area (Å²) in [4.78, 5) is 4.19. The second-order valence-corrected chi connectivity index (χ2v) is 3.37. The normalized spacial score (nSPS) is 10.8. The van der Waals surface area contributed by atoms with E-state index < -0.39 is 0 Å². The number of hydrogen-bond acceptors (Lipinski definition) is 2. The highest BCUT2D eigenvalue weighted by Gasteiger charge is 2.05. The zero-order valence-electron chi connectivity index (χ0n) is 6.67. The molecule has 3 heteroatoms. The van der Waals surface area contributed by atoms with Crippen LogP contribution < -0.4 is 0 Å². The summed E-state index contributed by atoms with van der Waals surface area (Å²) in [5.41, 5.74) is 3.01. The minimum Gasteiger partial charge on any atom is -0.447 e. The molecule has 0 atom stereocenters. The van der Waals surface area contributed by atoms with Crippen LogP contribution in [0.1, 0.15) is 12.5 Å². The molecule has 0 N–H and O–H groups in total. The summed E-state index contributed by atoms with van der Waals surface area (Å²) in [6.07, 6.45) is 2.78. The van der Waals surface area contributed by atoms with E-state index in [1.165, 1.54) is 5.56 Å². The lowest BCUT2D eigenvalue weighted by Crippen LogP contribution is -1.81. The number of rotatable bonds is 1. The third-order valence-electron chi connectivity index (χ3n) is 1.84. The smallest absolute Gasteiger partial charge is 0.172 e. The van der Waals surface area contributed by atoms with Gasteiger partial charge in [-0.05, 0) is 34.0 Å². The molecule has 0 spiro atoms. The number of furan rings is 1. The molecule has 2 heterocycles. The first-order valence-electron chi connectivity index (χ1n) is 3.84. The Kier molecular flexibility index (Phi) is 1.89. The molecule has 0 aliphatic rings. The number of nitrogens with zero attached hydrogens (tertiary/aromatic N) is 1. The van der Waals surface area contributed by atoms with E-state index in [-0.39, 0.29) is 0 Å². The second-order valence-electron chi connectivity index (χ2n) is 2.59. The van der Waals surface area contributed by atoms with Crippen LogP contribution in [0.3, 0.4) is 0 Å². The van der Waals surface area contributed by atoms with E-state index in [9.17, 15) is 0 Å². The molecule has 0 radical (unpaired) electrons. The number of hydrogen-bond donors (Lipinski definition) is 0. The molecule has 2 nitrogen and oxygen atoms in total. The van der Waals surface area contributed by atoms with Crippen molar-refractivity contribution in [2.24, 2.45) is 0 Å². The van der Waals surface area contributed by atoms with Gasteiger partial charge in [-0.15, -0.1) is 0 Å². The van der Waals surface area contributed by atoms with E-state index in [1.807, 2.05) is 18.3 Å². The first-order valence-corrected chi connectivity index (χ1v) is 4.63. The van der Waals surface area contributed by atoms with E-state index in [0.29, 0.717) is 0 Å². The summed E-state index contributed by atoms with van der Waals surface area (Å²) >= 11 is 3.28. The summed E-state index contributed by atoms with van der Waals surface area (Å²) in [6.45, 7) is 2.10. The Balaban J connectivity index is 2.78. The molecule has 0 fully saturated rings. The average molecular weight is 226 g/mol. The van der Waals surface area contributed by atoms with Crippen LogP contribution >= 0.6 is 15.9 Å². The second kappa shape index (κ2) is 2.90. The minimum atomic E-state index is 0.742. The zero-order chi connectivity index (χ0) is 8.55. The lowest BCUT2D eigenvalue weighted by molar-refractivity contribution is 0.583. The number of aryl methyl sites for hydroxylation is 1. The van der Waals surface area contributed by atoms with Crippen molar-refractivity contribution in [3.63, 3.8) is 0 Å². The first-order chi connectivity index (χ1) is 5.81. The van der Waals surface area contributed by atoms with Gasteiger partial charge in [0.15, 0.2) is 10.3 Å². The molecule has 0 aliphatic heterocycles. The monoisotopic (exact) mass is 225 g/mol. The van der Waals surface area contributed by atoms with Crippen LogP contribution in [-0.2, 0) is 6.42 Å². The Morgan fingerprint density at radius 3 is 3.17 bits per heavy atom. The Labute approximate surface area is 78.7 Å². The minimum absolute atomic E-state index is 0.742. The maximum absolute atomic E-state index is 5.44. The topological polar surface area (TPSA) is 26.0 Å². The predicted molar refractivity (Wildman–Crippen MR) is 51.1 cm³/mol. The SMILES string of the molecule is CCc1ccnc2cc(Br)oc12. The van der Waals surface area contributed by atoms with E-state index in [1.54, 1.807) is 0 Å². The molecule has 0 aromatic carbocycles. The molecule has 62 valence electrons. The van der Waals surface area contributed by atoms with Gasteiger partial charge in [0.25, 0.3) is 0 Å². The molecular formula is C9H8BrNO. The van der Waals surface area contributed by atoms with Crippen molar-refractivity contribution in [3.05, 3.63) is 28.6 Å². The molecule has 0 unspecified atom stereocenters. The zero-order valence-corrected chi connectivity index (χ0v) is 8.26. The third-order valence-corrected chi connectivity index (χ3v) is 2.24. The van der Waals surface area contributed by atoms with Crippen molar-refractivity contribution in [1.82, 2.24) is 4.98 Å². The van der Waals surface area contributed by atoms with Gasteiger partial charge in [-0.2, -0.15) is 0 Å². The van der Waals surface area contributed by atoms with Gasteiger partial charge >= 0.3 is 0 Å². The Bertz CT molecular complexity index is 408. The Morgan fingerprint density at radius 1 is 1.58 bits per heavy atom. The van der Waals surface area contributed by atoms with E-state index >= 15 is 0 Å². The molecule has 12 heavy (non-hydrogen) atoms. The summed E-state index contributed by atoms with van der Waals surface area (Å²) in [6, 6.07) is 3.87. The molecule has 0 saturated carbocycles. The van der Waals surface area contributed by atoms with Crippen LogP contribution in [-0.4, -0.2) is 4.98 Å². The number of pyridine rings is 1. The van der Waals surface area contributed by atoms with Gasteiger partial charge in [-0.25, -0.2) is 0 Å². The van der Waals surface area contributed by atoms with Crippen LogP contribution in [0, 0.1) is 0 Å². The van der Waals surface area contributed by atoms with Crippen LogP contribution in [0.4, 0.5) is 0 Å². The van der Waals surface area contributed by atoms with Crippen LogP contribution in [0.2, 0.25) is 0 Å². The van der Waals surface area contributed by atoms with Crippen molar-refractivity contribution in [2.75, 3.05) is 0 Å². The molecule has 2 rings (SSSR count). The highest BCUT2D eigenvalue weighted by atomic mass is 79.9. The first kappa shape index (κ1) is 7.80. The fraction of sp³-hybridized carbons (Fsp3) is 0.222. The quantitative estimate of drug-likeness (QED) is 0.746. The maximum Gasteiger partial charge on any atom is 0.172 e. The van der Waals surface area contributed by atoms with Crippen molar-refractivity contribution in [3.8, 4) is 0 Å². The van der Waals surface area contributed by atoms with Gasteiger partial charge in [-0.1, -0.05) is 6.92 Å². The van der Waals surface area contributed by atoms with E-state index in [4.69, 9.17) is 4.42 Å². The molecule has 0 amide bonds. The molecule has 2 aromatic heterocycles. The van der Waals surface area contributed by atoms with Crippen molar-refractivity contribution in [2.45, 2.75) is 13.3 Å². The lowest BCUT2D eigenvalue weighted by atomic mass is 10.2. The number of fused-ring (bicyclic) bond motifs is 1. The molecule has 0 bridgehead atoms. The van der Waals surface area contributed by atoms with Crippen LogP contribution in [0.25, 0.3) is 11.1 Å². The lowest BCUT2D eigenvalue weighted by Gasteiger charge is -1.94. The molecular weight excluding hydrogens is 218 g/mol. The maximum atomic E-state index is 5.44. The third kappa shape index (κ3) is 1.14. The summed E-state index contributed by atoms with van der Waals surface area (Å²) < 4.78 is 6.19. The fourth-order valence-corrected chi connectivity index (χ4v) is 1.62. The molecule has 0 saturated heterocycles. The summed E-state index contributed by atoms with van der Waals surface area (Å²) in [5, 5.41) is 0. The van der Waals surface area contributed by atoms with Crippen LogP contribution in [0.5, 0.6) is 0 Å². The molecule has 0 aliphatic carbocycles. The van der Waals surface area contributed by atoms with Gasteiger partial charge in [0.2, 0.25) is 0 Å². The predicted octanol–water partition coefficient (Wildman–Crippen LogP) is 3.15. The van der Waals surface area contributed by atoms with Crippen molar-refractivity contribution < 1.29 is 4.42 Å². The van der Waals surface area contributed by atoms with Gasteiger partial charge in [-0.3, -0.25) is 4.98 Å². The van der Waals surface area contributed by atoms with Crippen LogP contribution in [0.15, 0.2) is 27.4 Å². The standard InChI is InChI=1S/C9H8BrNO/c1-2-6-3-4-11-7-5-8(10)12-9(6)7/h3-5H,2H2,1H3. The Morgan fingerprint density at radius 2 is 2.42 bits per heavy atom. The van der Waals surface area contributed by atoms with Gasteiger partial charge in [0.1, 0.15) is 5.52 Å². The van der Waals surface area contributed by atoms with E-state index in [0.717, 1.165) is 22.2 Å². The van der Waals surface area contributed by atoms with Gasteiger partial charge in [0, 0.05) is 12.3 Å². The highest BCUT2D eigenvalue weighted by Crippen LogP contribution is 2.24. The molecule has 2 aromatic rings. The summed E-state index contributed by atoms with van der Waals surface area (Å²) in [5.74, 6) is 0. The number of halogens is 1. The van der Waals surface area contributed by atoms with Gasteiger partial charge < -0.3 is 4.42 Å². The highest BCUT2D eigenvalue weighted by molar-refractivity contribution is 9.10. The average Bonchev–Trinajstić information content (AvgIpc) is 2.44. The number of aromatic nitrogens is 1. The van der Waals surface area contributed by atoms with Crippen molar-refractivity contribution >= 4 is 27.0 Å². The largest absolute Gasteiger partial charge is 0.447 e. The van der Waals surface area contributed by atoms with Gasteiger partial charge in [0.05, 0.1) is 0 Å². The Hall–Kier alpha value is -0.830. The van der Waals surface area contributed by atoms with Crippen molar-refractivity contribution in [1.29, 1.82) is 0 Å².